The Hall–Kier alpha value is -1.08. The fourth-order valence-corrected chi connectivity index (χ4v) is 2.01. The van der Waals surface area contributed by atoms with Crippen molar-refractivity contribution in [2.24, 2.45) is 5.92 Å². The molecule has 0 bridgehead atoms. The summed E-state index contributed by atoms with van der Waals surface area (Å²) in [6, 6.07) is 1.82. The van der Waals surface area contributed by atoms with Crippen molar-refractivity contribution in [2.75, 3.05) is 27.2 Å². The molecule has 1 aliphatic heterocycles. The fourth-order valence-electron chi connectivity index (χ4n) is 2.01. The maximum absolute atomic E-state index is 11.8. The van der Waals surface area contributed by atoms with Crippen LogP contribution in [-0.2, 0) is 4.79 Å². The number of carbonyl (C=O) groups is 1. The van der Waals surface area contributed by atoms with Crippen LogP contribution in [0.2, 0.25) is 0 Å². The van der Waals surface area contributed by atoms with Crippen LogP contribution in [0.3, 0.4) is 0 Å². The molecule has 1 aliphatic rings. The number of likely N-dealkylation sites (N-methyl/N-ethyl adjacent to an activating group) is 2. The zero-order valence-corrected chi connectivity index (χ0v) is 9.03. The summed E-state index contributed by atoms with van der Waals surface area (Å²) in [5, 5.41) is 8.65. The van der Waals surface area contributed by atoms with Gasteiger partial charge in [-0.3, -0.25) is 9.69 Å². The van der Waals surface area contributed by atoms with Crippen LogP contribution in [0.4, 0.5) is 0 Å². The van der Waals surface area contributed by atoms with E-state index in [0.29, 0.717) is 5.92 Å². The number of nitriles is 1. The van der Waals surface area contributed by atoms with E-state index in [2.05, 4.69) is 13.0 Å². The highest BCUT2D eigenvalue weighted by Gasteiger charge is 2.30. The van der Waals surface area contributed by atoms with Crippen LogP contribution >= 0.6 is 0 Å². The van der Waals surface area contributed by atoms with Crippen LogP contribution < -0.4 is 0 Å². The average molecular weight is 195 g/mol. The van der Waals surface area contributed by atoms with Crippen molar-refractivity contribution in [1.82, 2.24) is 9.80 Å². The van der Waals surface area contributed by atoms with Gasteiger partial charge in [-0.05, 0) is 13.0 Å². The molecule has 1 heterocycles. The van der Waals surface area contributed by atoms with Gasteiger partial charge in [0.2, 0.25) is 5.91 Å². The lowest BCUT2D eigenvalue weighted by atomic mass is 10.1. The van der Waals surface area contributed by atoms with E-state index in [1.165, 1.54) is 0 Å². The first kappa shape index (κ1) is 11.0. The molecular formula is C10H17N3O. The monoisotopic (exact) mass is 195 g/mol. The van der Waals surface area contributed by atoms with Crippen LogP contribution in [0.1, 0.15) is 13.3 Å². The Labute approximate surface area is 85.1 Å². The normalized spacial score (nSPS) is 29.9. The molecule has 1 rings (SSSR count). The second-order valence-corrected chi connectivity index (χ2v) is 4.14. The standard InChI is InChI=1S/C10H17N3O/c1-8-6-12(2)9(4-5-11)10(14)13(3)7-8/h8-9H,4,6-7H2,1-3H3. The van der Waals surface area contributed by atoms with Gasteiger partial charge >= 0.3 is 0 Å². The number of hydrogen-bond acceptors (Lipinski definition) is 3. The summed E-state index contributed by atoms with van der Waals surface area (Å²) in [6.45, 7) is 3.78. The molecule has 1 saturated heterocycles. The van der Waals surface area contributed by atoms with Crippen LogP contribution in [-0.4, -0.2) is 48.9 Å². The minimum Gasteiger partial charge on any atom is -0.344 e. The Kier molecular flexibility index (Phi) is 3.48. The van der Waals surface area contributed by atoms with Gasteiger partial charge in [0.25, 0.3) is 0 Å². The zero-order chi connectivity index (χ0) is 10.7. The minimum atomic E-state index is -0.255. The topological polar surface area (TPSA) is 47.3 Å². The molecular weight excluding hydrogens is 178 g/mol. The first-order valence-corrected chi connectivity index (χ1v) is 4.88. The number of rotatable bonds is 1. The highest BCUT2D eigenvalue weighted by atomic mass is 16.2. The summed E-state index contributed by atoms with van der Waals surface area (Å²) in [7, 11) is 3.72. The molecule has 0 radical (unpaired) electrons. The molecule has 0 aliphatic carbocycles. The quantitative estimate of drug-likeness (QED) is 0.605. The first-order valence-electron chi connectivity index (χ1n) is 4.88. The Morgan fingerprint density at radius 1 is 1.50 bits per heavy atom. The lowest BCUT2D eigenvalue weighted by molar-refractivity contribution is -0.133. The van der Waals surface area contributed by atoms with Gasteiger partial charge in [-0.15, -0.1) is 0 Å². The van der Waals surface area contributed by atoms with Crippen LogP contribution in [0.5, 0.6) is 0 Å². The average Bonchev–Trinajstić information content (AvgIpc) is 2.18. The van der Waals surface area contributed by atoms with Gasteiger partial charge in [-0.1, -0.05) is 6.92 Å². The zero-order valence-electron chi connectivity index (χ0n) is 9.03. The molecule has 1 amide bonds. The van der Waals surface area contributed by atoms with E-state index in [1.807, 2.05) is 19.0 Å². The van der Waals surface area contributed by atoms with Gasteiger partial charge in [-0.25, -0.2) is 0 Å². The van der Waals surface area contributed by atoms with Gasteiger partial charge < -0.3 is 4.90 Å². The van der Waals surface area contributed by atoms with Crippen molar-refractivity contribution < 1.29 is 4.79 Å². The van der Waals surface area contributed by atoms with E-state index in [4.69, 9.17) is 5.26 Å². The van der Waals surface area contributed by atoms with E-state index < -0.39 is 0 Å². The molecule has 0 aromatic rings. The predicted octanol–water partition coefficient (Wildman–Crippen LogP) is 0.309. The van der Waals surface area contributed by atoms with Gasteiger partial charge in [0.05, 0.1) is 12.5 Å². The van der Waals surface area contributed by atoms with Crippen LogP contribution in [0.25, 0.3) is 0 Å². The van der Waals surface area contributed by atoms with Crippen molar-refractivity contribution in [3.05, 3.63) is 0 Å². The van der Waals surface area contributed by atoms with E-state index in [1.54, 1.807) is 4.90 Å². The Morgan fingerprint density at radius 2 is 2.14 bits per heavy atom. The summed E-state index contributed by atoms with van der Waals surface area (Å²) in [5.74, 6) is 0.538. The summed E-state index contributed by atoms with van der Waals surface area (Å²) in [5.41, 5.74) is 0. The lowest BCUT2D eigenvalue weighted by Gasteiger charge is -2.23. The molecule has 0 saturated carbocycles. The van der Waals surface area contributed by atoms with E-state index in [-0.39, 0.29) is 18.4 Å². The Morgan fingerprint density at radius 3 is 2.71 bits per heavy atom. The first-order chi connectivity index (χ1) is 6.56. The van der Waals surface area contributed by atoms with Crippen LogP contribution in [0.15, 0.2) is 0 Å². The van der Waals surface area contributed by atoms with Gasteiger partial charge in [-0.2, -0.15) is 5.26 Å². The molecule has 2 unspecified atom stereocenters. The van der Waals surface area contributed by atoms with E-state index >= 15 is 0 Å². The van der Waals surface area contributed by atoms with Crippen molar-refractivity contribution in [2.45, 2.75) is 19.4 Å². The third-order valence-electron chi connectivity index (χ3n) is 2.66. The van der Waals surface area contributed by atoms with E-state index in [9.17, 15) is 4.79 Å². The van der Waals surface area contributed by atoms with E-state index in [0.717, 1.165) is 13.1 Å². The SMILES string of the molecule is CC1CN(C)C(=O)C(CC#N)N(C)C1. The second-order valence-electron chi connectivity index (χ2n) is 4.14. The summed E-state index contributed by atoms with van der Waals surface area (Å²) in [6.07, 6.45) is 0.284. The van der Waals surface area contributed by atoms with Crippen molar-refractivity contribution >= 4 is 5.91 Å². The highest BCUT2D eigenvalue weighted by molar-refractivity contribution is 5.82. The molecule has 0 aromatic heterocycles. The molecule has 2 atom stereocenters. The van der Waals surface area contributed by atoms with Crippen molar-refractivity contribution in [3.63, 3.8) is 0 Å². The molecule has 78 valence electrons. The van der Waals surface area contributed by atoms with Crippen LogP contribution in [0, 0.1) is 17.2 Å². The largest absolute Gasteiger partial charge is 0.344 e. The Bertz CT molecular complexity index is 259. The minimum absolute atomic E-state index is 0.0680. The number of hydrogen-bond donors (Lipinski definition) is 0. The van der Waals surface area contributed by atoms with Crippen molar-refractivity contribution in [1.29, 1.82) is 5.26 Å². The molecule has 4 nitrogen and oxygen atoms in total. The maximum atomic E-state index is 11.8. The molecule has 0 spiro atoms. The lowest BCUT2D eigenvalue weighted by Crippen LogP contribution is -2.42. The molecule has 1 fully saturated rings. The predicted molar refractivity (Wildman–Crippen MR) is 53.4 cm³/mol. The molecule has 14 heavy (non-hydrogen) atoms. The smallest absolute Gasteiger partial charge is 0.240 e. The number of amides is 1. The summed E-state index contributed by atoms with van der Waals surface area (Å²) in [4.78, 5) is 15.5. The molecule has 0 N–H and O–H groups in total. The molecule has 0 aromatic carbocycles. The fraction of sp³-hybridized carbons (Fsp3) is 0.800. The van der Waals surface area contributed by atoms with Gasteiger partial charge in [0, 0.05) is 20.1 Å². The summed E-state index contributed by atoms with van der Waals surface area (Å²) >= 11 is 0. The van der Waals surface area contributed by atoms with Gasteiger partial charge in [0.1, 0.15) is 6.04 Å². The maximum Gasteiger partial charge on any atom is 0.240 e. The number of carbonyl (C=O) groups excluding carboxylic acids is 1. The molecule has 4 heteroatoms. The second kappa shape index (κ2) is 4.43. The summed E-state index contributed by atoms with van der Waals surface area (Å²) < 4.78 is 0. The third-order valence-corrected chi connectivity index (χ3v) is 2.66. The Balaban J connectivity index is 2.80. The third kappa shape index (κ3) is 2.24. The highest BCUT2D eigenvalue weighted by Crippen LogP contribution is 2.14. The number of nitrogens with zero attached hydrogens (tertiary/aromatic N) is 3. The van der Waals surface area contributed by atoms with Crippen molar-refractivity contribution in [3.8, 4) is 6.07 Å². The van der Waals surface area contributed by atoms with Gasteiger partial charge in [0.15, 0.2) is 0 Å².